The largest absolute Gasteiger partial charge is 0.492 e. The molecular formula is C14H22N2O3. The van der Waals surface area contributed by atoms with Gasteiger partial charge in [0.15, 0.2) is 11.5 Å². The molecule has 1 heterocycles. The van der Waals surface area contributed by atoms with Gasteiger partial charge in [-0.3, -0.25) is 4.84 Å². The van der Waals surface area contributed by atoms with Crippen LogP contribution in [-0.4, -0.2) is 38.3 Å². The fraction of sp³-hybridized carbons (Fsp3) is 0.571. The highest BCUT2D eigenvalue weighted by Crippen LogP contribution is 2.33. The zero-order valence-electron chi connectivity index (χ0n) is 11.6. The van der Waals surface area contributed by atoms with Crippen molar-refractivity contribution in [2.75, 3.05) is 27.2 Å². The molecule has 5 nitrogen and oxygen atoms in total. The summed E-state index contributed by atoms with van der Waals surface area (Å²) in [4.78, 5) is 7.00. The van der Waals surface area contributed by atoms with Crippen molar-refractivity contribution in [1.29, 1.82) is 0 Å². The van der Waals surface area contributed by atoms with Gasteiger partial charge in [-0.1, -0.05) is 12.1 Å². The minimum atomic E-state index is 0.249. The molecule has 0 aliphatic carbocycles. The molecule has 106 valence electrons. The van der Waals surface area contributed by atoms with E-state index in [9.17, 15) is 0 Å². The first-order valence-corrected chi connectivity index (χ1v) is 6.57. The van der Waals surface area contributed by atoms with E-state index < -0.39 is 0 Å². The maximum atomic E-state index is 6.06. The van der Waals surface area contributed by atoms with Gasteiger partial charge in [-0.2, -0.15) is 0 Å². The number of nitrogens with zero attached hydrogens (tertiary/aromatic N) is 1. The van der Waals surface area contributed by atoms with Crippen molar-refractivity contribution in [2.24, 2.45) is 5.90 Å². The van der Waals surface area contributed by atoms with Gasteiger partial charge < -0.3 is 14.4 Å². The number of likely N-dealkylation sites (tertiary alicyclic amines) is 1. The van der Waals surface area contributed by atoms with Crippen molar-refractivity contribution in [3.63, 3.8) is 0 Å². The Bertz CT molecular complexity index is 404. The summed E-state index contributed by atoms with van der Waals surface area (Å²) in [6.07, 6.45) is 2.33. The van der Waals surface area contributed by atoms with Crippen LogP contribution in [0.25, 0.3) is 0 Å². The number of nitrogens with two attached hydrogens (primary N) is 1. The molecule has 0 bridgehead atoms. The molecular weight excluding hydrogens is 244 g/mol. The van der Waals surface area contributed by atoms with Crippen LogP contribution in [0.2, 0.25) is 0 Å². The predicted octanol–water partition coefficient (Wildman–Crippen LogP) is 1.56. The average molecular weight is 266 g/mol. The third kappa shape index (κ3) is 3.59. The summed E-state index contributed by atoms with van der Waals surface area (Å²) in [7, 11) is 3.77. The molecule has 0 unspecified atom stereocenters. The smallest absolute Gasteiger partial charge is 0.166 e. The lowest BCUT2D eigenvalue weighted by Gasteiger charge is -2.29. The van der Waals surface area contributed by atoms with Crippen LogP contribution in [0.5, 0.6) is 11.5 Å². The Morgan fingerprint density at radius 2 is 2.05 bits per heavy atom. The summed E-state index contributed by atoms with van der Waals surface area (Å²) < 4.78 is 11.5. The van der Waals surface area contributed by atoms with E-state index in [4.69, 9.17) is 15.4 Å². The third-order valence-electron chi connectivity index (χ3n) is 3.46. The molecule has 5 heteroatoms. The van der Waals surface area contributed by atoms with Crippen molar-refractivity contribution in [1.82, 2.24) is 4.90 Å². The molecule has 0 aromatic heterocycles. The molecule has 1 fully saturated rings. The van der Waals surface area contributed by atoms with Crippen molar-refractivity contribution >= 4 is 0 Å². The van der Waals surface area contributed by atoms with Crippen LogP contribution in [0, 0.1) is 0 Å². The normalized spacial score (nSPS) is 17.4. The van der Waals surface area contributed by atoms with Crippen molar-refractivity contribution in [2.45, 2.75) is 25.6 Å². The zero-order valence-corrected chi connectivity index (χ0v) is 11.6. The van der Waals surface area contributed by atoms with Gasteiger partial charge in [0, 0.05) is 18.7 Å². The first kappa shape index (κ1) is 14.1. The molecule has 1 saturated heterocycles. The Morgan fingerprint density at radius 1 is 1.32 bits per heavy atom. The summed E-state index contributed by atoms with van der Waals surface area (Å²) in [5.41, 5.74) is 0.899. The molecule has 0 saturated carbocycles. The van der Waals surface area contributed by atoms with Crippen molar-refractivity contribution < 1.29 is 14.3 Å². The summed E-state index contributed by atoms with van der Waals surface area (Å²) >= 11 is 0. The maximum Gasteiger partial charge on any atom is 0.166 e. The van der Waals surface area contributed by atoms with Crippen LogP contribution >= 0.6 is 0 Å². The van der Waals surface area contributed by atoms with Gasteiger partial charge in [0.2, 0.25) is 0 Å². The molecule has 0 radical (unpaired) electrons. The van der Waals surface area contributed by atoms with Crippen LogP contribution in [0.1, 0.15) is 18.4 Å². The van der Waals surface area contributed by atoms with Gasteiger partial charge in [-0.25, -0.2) is 5.90 Å². The lowest BCUT2D eigenvalue weighted by molar-refractivity contribution is 0.107. The maximum absolute atomic E-state index is 6.06. The molecule has 1 aromatic rings. The molecule has 0 atom stereocenters. The second-order valence-electron chi connectivity index (χ2n) is 4.88. The quantitative estimate of drug-likeness (QED) is 0.820. The first-order chi connectivity index (χ1) is 9.24. The number of piperidine rings is 1. The number of methoxy groups -OCH3 is 1. The number of rotatable bonds is 5. The third-order valence-corrected chi connectivity index (χ3v) is 3.46. The summed E-state index contributed by atoms with van der Waals surface area (Å²) in [5, 5.41) is 0. The highest BCUT2D eigenvalue weighted by molar-refractivity contribution is 5.46. The topological polar surface area (TPSA) is 57.0 Å². The molecule has 1 aliphatic heterocycles. The van der Waals surface area contributed by atoms with Gasteiger partial charge in [0.05, 0.1) is 13.7 Å². The van der Waals surface area contributed by atoms with E-state index >= 15 is 0 Å². The minimum absolute atomic E-state index is 0.249. The van der Waals surface area contributed by atoms with Gasteiger partial charge >= 0.3 is 0 Å². The molecule has 2 rings (SSSR count). The number of ether oxygens (including phenoxy) is 2. The Hall–Kier alpha value is -1.30. The fourth-order valence-electron chi connectivity index (χ4n) is 2.37. The second-order valence-corrected chi connectivity index (χ2v) is 4.88. The van der Waals surface area contributed by atoms with Gasteiger partial charge in [0.1, 0.15) is 6.10 Å². The van der Waals surface area contributed by atoms with Crippen molar-refractivity contribution in [3.8, 4) is 11.5 Å². The fourth-order valence-corrected chi connectivity index (χ4v) is 2.37. The number of benzene rings is 1. The van der Waals surface area contributed by atoms with E-state index in [1.165, 1.54) is 0 Å². The zero-order chi connectivity index (χ0) is 13.7. The average Bonchev–Trinajstić information content (AvgIpc) is 2.42. The molecule has 0 spiro atoms. The van der Waals surface area contributed by atoms with Gasteiger partial charge in [-0.05, 0) is 26.0 Å². The summed E-state index contributed by atoms with van der Waals surface area (Å²) in [6.45, 7) is 2.45. The molecule has 19 heavy (non-hydrogen) atoms. The van der Waals surface area contributed by atoms with E-state index in [0.29, 0.717) is 12.4 Å². The molecule has 1 aromatic carbocycles. The highest BCUT2D eigenvalue weighted by Gasteiger charge is 2.20. The van der Waals surface area contributed by atoms with Crippen LogP contribution in [0.4, 0.5) is 0 Å². The van der Waals surface area contributed by atoms with E-state index in [0.717, 1.165) is 37.2 Å². The second kappa shape index (κ2) is 6.75. The minimum Gasteiger partial charge on any atom is -0.492 e. The van der Waals surface area contributed by atoms with Crippen molar-refractivity contribution in [3.05, 3.63) is 23.8 Å². The van der Waals surface area contributed by atoms with Crippen LogP contribution in [0.3, 0.4) is 0 Å². The van der Waals surface area contributed by atoms with Crippen LogP contribution in [0.15, 0.2) is 18.2 Å². The SMILES string of the molecule is COc1c(CON)cccc1OC1CCN(C)CC1. The van der Waals surface area contributed by atoms with Crippen LogP contribution < -0.4 is 15.4 Å². The Kier molecular flexibility index (Phi) is 5.01. The van der Waals surface area contributed by atoms with Crippen LogP contribution in [-0.2, 0) is 11.4 Å². The Labute approximate surface area is 114 Å². The summed E-state index contributed by atoms with van der Waals surface area (Å²) in [5.74, 6) is 6.62. The molecule has 1 aliphatic rings. The Morgan fingerprint density at radius 3 is 2.68 bits per heavy atom. The molecule has 2 N–H and O–H groups in total. The predicted molar refractivity (Wildman–Crippen MR) is 73.1 cm³/mol. The number of hydrogen-bond donors (Lipinski definition) is 1. The van der Waals surface area contributed by atoms with E-state index in [1.54, 1.807) is 7.11 Å². The van der Waals surface area contributed by atoms with E-state index in [2.05, 4.69) is 16.8 Å². The lowest BCUT2D eigenvalue weighted by Crippen LogP contribution is -2.35. The Balaban J connectivity index is 2.08. The lowest BCUT2D eigenvalue weighted by atomic mass is 10.1. The highest BCUT2D eigenvalue weighted by atomic mass is 16.6. The molecule has 0 amide bonds. The monoisotopic (exact) mass is 266 g/mol. The summed E-state index contributed by atoms with van der Waals surface area (Å²) in [6, 6.07) is 5.78. The standard InChI is InChI=1S/C14H22N2O3/c1-16-8-6-12(7-9-16)19-13-5-3-4-11(10-18-15)14(13)17-2/h3-5,12H,6-10,15H2,1-2H3. The van der Waals surface area contributed by atoms with Gasteiger partial charge in [0.25, 0.3) is 0 Å². The number of para-hydroxylation sites is 1. The van der Waals surface area contributed by atoms with E-state index in [1.807, 2.05) is 18.2 Å². The number of hydrogen-bond acceptors (Lipinski definition) is 5. The van der Waals surface area contributed by atoms with Gasteiger partial charge in [-0.15, -0.1) is 0 Å². The van der Waals surface area contributed by atoms with E-state index in [-0.39, 0.29) is 6.10 Å². The first-order valence-electron chi connectivity index (χ1n) is 6.57.